The quantitative estimate of drug-likeness (QED) is 0.904. The van der Waals surface area contributed by atoms with Crippen molar-refractivity contribution >= 4 is 23.0 Å². The van der Waals surface area contributed by atoms with E-state index in [9.17, 15) is 9.90 Å². The normalized spacial score (nSPS) is 19.4. The summed E-state index contributed by atoms with van der Waals surface area (Å²) in [5, 5.41) is 9.18. The van der Waals surface area contributed by atoms with E-state index in [2.05, 4.69) is 15.0 Å². The Labute approximate surface area is 116 Å². The lowest BCUT2D eigenvalue weighted by Crippen LogP contribution is -2.39. The van der Waals surface area contributed by atoms with Gasteiger partial charge in [-0.25, -0.2) is 15.0 Å². The lowest BCUT2D eigenvalue weighted by atomic mass is 9.98. The summed E-state index contributed by atoms with van der Waals surface area (Å²) in [4.78, 5) is 26.1. The zero-order valence-electron chi connectivity index (χ0n) is 11.4. The standard InChI is InChI=1S/C13H17N5O2/c1-2-17-8-16-10-11(17)14-7-15-12(10)18-5-3-4-9(6-18)13(19)20/h7-9H,2-6H2,1H3,(H,19,20). The van der Waals surface area contributed by atoms with Crippen molar-refractivity contribution in [3.05, 3.63) is 12.7 Å². The van der Waals surface area contributed by atoms with Crippen LogP contribution in [0.3, 0.4) is 0 Å². The van der Waals surface area contributed by atoms with Crippen LogP contribution in [0.1, 0.15) is 19.8 Å². The molecule has 2 aromatic rings. The molecule has 2 aromatic heterocycles. The number of hydrogen-bond acceptors (Lipinski definition) is 5. The second kappa shape index (κ2) is 5.07. The van der Waals surface area contributed by atoms with Crippen LogP contribution in [0, 0.1) is 5.92 Å². The monoisotopic (exact) mass is 275 g/mol. The number of aromatic nitrogens is 4. The van der Waals surface area contributed by atoms with Gasteiger partial charge in [-0.15, -0.1) is 0 Å². The van der Waals surface area contributed by atoms with E-state index in [0.717, 1.165) is 42.9 Å². The zero-order chi connectivity index (χ0) is 14.1. The number of aryl methyl sites for hydroxylation is 1. The molecular weight excluding hydrogens is 258 g/mol. The molecule has 0 saturated carbocycles. The summed E-state index contributed by atoms with van der Waals surface area (Å²) < 4.78 is 1.96. The average Bonchev–Trinajstić information content (AvgIpc) is 2.90. The fraction of sp³-hybridized carbons (Fsp3) is 0.538. The molecule has 20 heavy (non-hydrogen) atoms. The van der Waals surface area contributed by atoms with E-state index in [1.54, 1.807) is 6.33 Å². The second-order valence-corrected chi connectivity index (χ2v) is 5.02. The van der Waals surface area contributed by atoms with Crippen LogP contribution in [0.15, 0.2) is 12.7 Å². The van der Waals surface area contributed by atoms with Crippen molar-refractivity contribution in [3.8, 4) is 0 Å². The van der Waals surface area contributed by atoms with Crippen molar-refractivity contribution in [2.24, 2.45) is 5.92 Å². The molecule has 7 heteroatoms. The van der Waals surface area contributed by atoms with Gasteiger partial charge >= 0.3 is 5.97 Å². The van der Waals surface area contributed by atoms with Gasteiger partial charge in [0.05, 0.1) is 12.2 Å². The predicted molar refractivity (Wildman–Crippen MR) is 73.6 cm³/mol. The van der Waals surface area contributed by atoms with Crippen molar-refractivity contribution in [2.75, 3.05) is 18.0 Å². The molecular formula is C13H17N5O2. The van der Waals surface area contributed by atoms with E-state index in [4.69, 9.17) is 0 Å². The van der Waals surface area contributed by atoms with Crippen molar-refractivity contribution in [2.45, 2.75) is 26.3 Å². The van der Waals surface area contributed by atoms with Gasteiger partial charge in [0.1, 0.15) is 6.33 Å². The summed E-state index contributed by atoms with van der Waals surface area (Å²) in [6.45, 7) is 4.13. The van der Waals surface area contributed by atoms with Gasteiger partial charge in [-0.1, -0.05) is 0 Å². The molecule has 0 aromatic carbocycles. The molecule has 1 atom stereocenters. The highest BCUT2D eigenvalue weighted by atomic mass is 16.4. The molecule has 0 aliphatic carbocycles. The van der Waals surface area contributed by atoms with Gasteiger partial charge in [0.2, 0.25) is 0 Å². The first-order chi connectivity index (χ1) is 9.70. The first-order valence-electron chi connectivity index (χ1n) is 6.84. The largest absolute Gasteiger partial charge is 0.481 e. The lowest BCUT2D eigenvalue weighted by molar-refractivity contribution is -0.141. The Morgan fingerprint density at radius 3 is 3.05 bits per heavy atom. The fourth-order valence-electron chi connectivity index (χ4n) is 2.70. The molecule has 0 radical (unpaired) electrons. The summed E-state index contributed by atoms with van der Waals surface area (Å²) in [7, 11) is 0. The number of fused-ring (bicyclic) bond motifs is 1. The van der Waals surface area contributed by atoms with Crippen LogP contribution >= 0.6 is 0 Å². The van der Waals surface area contributed by atoms with Crippen LogP contribution in [-0.2, 0) is 11.3 Å². The number of anilines is 1. The number of rotatable bonds is 3. The van der Waals surface area contributed by atoms with E-state index in [-0.39, 0.29) is 5.92 Å². The molecule has 1 aliphatic heterocycles. The third-order valence-electron chi connectivity index (χ3n) is 3.79. The minimum absolute atomic E-state index is 0.331. The average molecular weight is 275 g/mol. The van der Waals surface area contributed by atoms with Gasteiger partial charge in [-0.2, -0.15) is 0 Å². The second-order valence-electron chi connectivity index (χ2n) is 5.02. The Hall–Kier alpha value is -2.18. The Kier molecular flexibility index (Phi) is 3.25. The van der Waals surface area contributed by atoms with Gasteiger partial charge < -0.3 is 14.6 Å². The molecule has 3 heterocycles. The maximum Gasteiger partial charge on any atom is 0.308 e. The molecule has 1 saturated heterocycles. The van der Waals surface area contributed by atoms with E-state index < -0.39 is 5.97 Å². The van der Waals surface area contributed by atoms with Crippen LogP contribution < -0.4 is 4.90 Å². The Morgan fingerprint density at radius 1 is 1.45 bits per heavy atom. The third-order valence-corrected chi connectivity index (χ3v) is 3.79. The molecule has 1 unspecified atom stereocenters. The first kappa shape index (κ1) is 12.8. The van der Waals surface area contributed by atoms with Crippen molar-refractivity contribution in [1.82, 2.24) is 19.5 Å². The molecule has 1 aliphatic rings. The highest BCUT2D eigenvalue weighted by Crippen LogP contribution is 2.26. The molecule has 0 amide bonds. The van der Waals surface area contributed by atoms with Gasteiger partial charge in [0, 0.05) is 19.6 Å². The van der Waals surface area contributed by atoms with Gasteiger partial charge in [-0.05, 0) is 19.8 Å². The number of piperidine rings is 1. The zero-order valence-corrected chi connectivity index (χ0v) is 11.4. The maximum atomic E-state index is 11.2. The molecule has 1 N–H and O–H groups in total. The molecule has 7 nitrogen and oxygen atoms in total. The van der Waals surface area contributed by atoms with Gasteiger partial charge in [-0.3, -0.25) is 4.79 Å². The predicted octanol–water partition coefficient (Wildman–Crippen LogP) is 1.15. The van der Waals surface area contributed by atoms with E-state index in [1.165, 1.54) is 6.33 Å². The fourth-order valence-corrected chi connectivity index (χ4v) is 2.70. The number of imidazole rings is 1. The van der Waals surface area contributed by atoms with Crippen molar-refractivity contribution < 1.29 is 9.90 Å². The van der Waals surface area contributed by atoms with Gasteiger partial charge in [0.25, 0.3) is 0 Å². The van der Waals surface area contributed by atoms with Gasteiger partial charge in [0.15, 0.2) is 17.0 Å². The topological polar surface area (TPSA) is 84.1 Å². The summed E-state index contributed by atoms with van der Waals surface area (Å²) >= 11 is 0. The number of nitrogens with zero attached hydrogens (tertiary/aromatic N) is 5. The number of aliphatic carboxylic acids is 1. The smallest absolute Gasteiger partial charge is 0.308 e. The number of carboxylic acids is 1. The van der Waals surface area contributed by atoms with E-state index >= 15 is 0 Å². The summed E-state index contributed by atoms with van der Waals surface area (Å²) in [6.07, 6.45) is 4.86. The summed E-state index contributed by atoms with van der Waals surface area (Å²) in [5.74, 6) is -0.325. The van der Waals surface area contributed by atoms with Crippen LogP contribution in [0.2, 0.25) is 0 Å². The summed E-state index contributed by atoms with van der Waals surface area (Å²) in [5.41, 5.74) is 1.55. The SMILES string of the molecule is CCn1cnc2c(N3CCCC(C(=O)O)C3)ncnc21. The van der Waals surface area contributed by atoms with Crippen molar-refractivity contribution in [3.63, 3.8) is 0 Å². The number of carboxylic acid groups (broad SMARTS) is 1. The molecule has 0 bridgehead atoms. The third kappa shape index (κ3) is 2.09. The van der Waals surface area contributed by atoms with Crippen LogP contribution in [-0.4, -0.2) is 43.7 Å². The Morgan fingerprint density at radius 2 is 2.30 bits per heavy atom. The summed E-state index contributed by atoms with van der Waals surface area (Å²) in [6, 6.07) is 0. The van der Waals surface area contributed by atoms with E-state index in [0.29, 0.717) is 6.54 Å². The Balaban J connectivity index is 1.97. The minimum atomic E-state index is -0.737. The van der Waals surface area contributed by atoms with Crippen LogP contribution in [0.25, 0.3) is 11.2 Å². The first-order valence-corrected chi connectivity index (χ1v) is 6.84. The highest BCUT2D eigenvalue weighted by Gasteiger charge is 2.27. The Bertz CT molecular complexity index is 639. The maximum absolute atomic E-state index is 11.2. The van der Waals surface area contributed by atoms with E-state index in [1.807, 2.05) is 16.4 Å². The van der Waals surface area contributed by atoms with Crippen LogP contribution in [0.4, 0.5) is 5.82 Å². The van der Waals surface area contributed by atoms with Crippen LogP contribution in [0.5, 0.6) is 0 Å². The highest BCUT2D eigenvalue weighted by molar-refractivity contribution is 5.83. The molecule has 3 rings (SSSR count). The number of hydrogen-bond donors (Lipinski definition) is 1. The molecule has 1 fully saturated rings. The molecule has 0 spiro atoms. The molecule has 106 valence electrons. The lowest BCUT2D eigenvalue weighted by Gasteiger charge is -2.31. The number of carbonyl (C=O) groups is 1. The minimum Gasteiger partial charge on any atom is -0.481 e. The van der Waals surface area contributed by atoms with Crippen molar-refractivity contribution in [1.29, 1.82) is 0 Å².